The summed E-state index contributed by atoms with van der Waals surface area (Å²) < 4.78 is 0. The maximum atomic E-state index is 7.57. The fourth-order valence-electron chi connectivity index (χ4n) is 0. The Kier molecular flexibility index (Phi) is 69.8. The molecule has 32 valence electrons. The Morgan fingerprint density at radius 2 is 1.60 bits per heavy atom. The van der Waals surface area contributed by atoms with Crippen molar-refractivity contribution in [2.45, 2.75) is 6.92 Å². The van der Waals surface area contributed by atoms with Crippen molar-refractivity contribution in [1.82, 2.24) is 0 Å². The Balaban J connectivity index is -0.0000000200. The normalized spacial score (nSPS) is 3.60. The first kappa shape index (κ1) is 16.9. The van der Waals surface area contributed by atoms with Crippen molar-refractivity contribution < 1.29 is 26.8 Å². The van der Waals surface area contributed by atoms with E-state index < -0.39 is 0 Å². The van der Waals surface area contributed by atoms with Crippen LogP contribution in [-0.4, -0.2) is 22.7 Å². The number of hydrogen-bond donors (Lipinski definition) is 1. The quantitative estimate of drug-likeness (QED) is 0.393. The third-order valence-corrected chi connectivity index (χ3v) is 0. The second-order valence-corrected chi connectivity index (χ2v) is 0.316. The van der Waals surface area contributed by atoms with Gasteiger partial charge in [-0.25, -0.2) is 0 Å². The van der Waals surface area contributed by atoms with E-state index in [2.05, 4.69) is 0 Å². The molecule has 5 heavy (non-hydrogen) atoms. The molecule has 0 heterocycles. The van der Waals surface area contributed by atoms with E-state index >= 15 is 0 Å². The fraction of sp³-hybridized carbons (Fsp3) is 1.00. The van der Waals surface area contributed by atoms with Gasteiger partial charge in [0.25, 0.3) is 0 Å². The Morgan fingerprint density at radius 3 is 1.60 bits per heavy atom. The average Bonchev–Trinajstić information content (AvgIpc) is 0.918. The zero-order chi connectivity index (χ0) is 2.71. The molecular formula is C2H10OSiTi. The summed E-state index contributed by atoms with van der Waals surface area (Å²) in [5.74, 6) is 0. The minimum absolute atomic E-state index is 0. The van der Waals surface area contributed by atoms with Gasteiger partial charge >= 0.3 is 0 Å². The van der Waals surface area contributed by atoms with Gasteiger partial charge in [0.15, 0.2) is 0 Å². The molecule has 0 saturated carbocycles. The summed E-state index contributed by atoms with van der Waals surface area (Å²) in [6, 6.07) is 0. The van der Waals surface area contributed by atoms with Crippen LogP contribution in [0.25, 0.3) is 0 Å². The predicted octanol–water partition coefficient (Wildman–Crippen LogP) is -1.46. The van der Waals surface area contributed by atoms with E-state index in [1.807, 2.05) is 0 Å². The molecule has 0 aliphatic rings. The average molecular weight is 126 g/mol. The molecule has 0 aromatic heterocycles. The molecule has 3 heteroatoms. The van der Waals surface area contributed by atoms with Crippen LogP contribution < -0.4 is 0 Å². The Morgan fingerprint density at radius 1 is 1.60 bits per heavy atom. The number of aliphatic hydroxyl groups excluding tert-OH is 1. The molecule has 0 aromatic carbocycles. The molecule has 0 radical (unpaired) electrons. The van der Waals surface area contributed by atoms with E-state index in [0.717, 1.165) is 0 Å². The minimum Gasteiger partial charge on any atom is -0.397 e. The van der Waals surface area contributed by atoms with Crippen molar-refractivity contribution in [3.8, 4) is 0 Å². The molecule has 0 saturated heterocycles. The van der Waals surface area contributed by atoms with Crippen LogP contribution in [0.4, 0.5) is 0 Å². The summed E-state index contributed by atoms with van der Waals surface area (Å²) >= 11 is 0. The second-order valence-electron chi connectivity index (χ2n) is 0.316. The number of aliphatic hydroxyl groups is 1. The summed E-state index contributed by atoms with van der Waals surface area (Å²) in [5, 5.41) is 7.57. The van der Waals surface area contributed by atoms with Gasteiger partial charge in [-0.1, -0.05) is 0 Å². The first-order valence-corrected chi connectivity index (χ1v) is 1.02. The van der Waals surface area contributed by atoms with Gasteiger partial charge in [0.2, 0.25) is 0 Å². The molecule has 0 aliphatic heterocycles. The predicted molar refractivity (Wildman–Crippen MR) is 24.1 cm³/mol. The summed E-state index contributed by atoms with van der Waals surface area (Å²) in [6.45, 7) is 1.93. The van der Waals surface area contributed by atoms with Gasteiger partial charge in [-0.05, 0) is 17.9 Å². The van der Waals surface area contributed by atoms with Gasteiger partial charge in [-0.2, -0.15) is 0 Å². The van der Waals surface area contributed by atoms with Crippen LogP contribution in [0, 0.1) is 0 Å². The van der Waals surface area contributed by atoms with Crippen LogP contribution in [0.2, 0.25) is 0 Å². The first-order valence-electron chi connectivity index (χ1n) is 1.02. The monoisotopic (exact) mass is 126 g/mol. The minimum atomic E-state index is 0. The molecule has 0 atom stereocenters. The van der Waals surface area contributed by atoms with Gasteiger partial charge in [0.1, 0.15) is 0 Å². The molecule has 0 spiro atoms. The van der Waals surface area contributed by atoms with Crippen molar-refractivity contribution in [3.63, 3.8) is 0 Å². The number of hydrogen-bond acceptors (Lipinski definition) is 1. The van der Waals surface area contributed by atoms with Gasteiger partial charge in [0.05, 0.1) is 0 Å². The van der Waals surface area contributed by atoms with E-state index in [9.17, 15) is 0 Å². The summed E-state index contributed by atoms with van der Waals surface area (Å²) in [7, 11) is 0. The third kappa shape index (κ3) is 51.5. The van der Waals surface area contributed by atoms with Gasteiger partial charge < -0.3 is 5.11 Å². The van der Waals surface area contributed by atoms with Crippen LogP contribution >= 0.6 is 0 Å². The number of rotatable bonds is 0. The standard InChI is InChI=1S/C2H6O.H4Si.Ti/c1-2-3;;/h3H,2H2,1H3;1H4;. The van der Waals surface area contributed by atoms with Crippen molar-refractivity contribution in [1.29, 1.82) is 0 Å². The molecule has 0 amide bonds. The third-order valence-electron chi connectivity index (χ3n) is 0. The molecular weight excluding hydrogens is 116 g/mol. The summed E-state index contributed by atoms with van der Waals surface area (Å²) in [4.78, 5) is 0. The largest absolute Gasteiger partial charge is 0.397 e. The van der Waals surface area contributed by atoms with Crippen molar-refractivity contribution >= 4 is 11.0 Å². The van der Waals surface area contributed by atoms with E-state index in [1.54, 1.807) is 6.92 Å². The smallest absolute Gasteiger partial charge is 0.0402 e. The zero-order valence-corrected chi connectivity index (χ0v) is 4.22. The van der Waals surface area contributed by atoms with Crippen LogP contribution in [0.1, 0.15) is 6.92 Å². The Hall–Kier alpha value is 0.891. The molecule has 0 aliphatic carbocycles. The van der Waals surface area contributed by atoms with Crippen molar-refractivity contribution in [2.75, 3.05) is 6.61 Å². The van der Waals surface area contributed by atoms with Gasteiger partial charge in [-0.15, -0.1) is 0 Å². The first-order chi connectivity index (χ1) is 1.41. The summed E-state index contributed by atoms with van der Waals surface area (Å²) in [5.41, 5.74) is 0. The fourth-order valence-corrected chi connectivity index (χ4v) is 0. The van der Waals surface area contributed by atoms with Crippen LogP contribution in [0.15, 0.2) is 0 Å². The molecule has 1 nitrogen and oxygen atoms in total. The Bertz CT molecular complexity index is 9.61. The maximum Gasteiger partial charge on any atom is 0.0402 e. The van der Waals surface area contributed by atoms with E-state index in [0.29, 0.717) is 0 Å². The van der Waals surface area contributed by atoms with Crippen molar-refractivity contribution in [2.24, 2.45) is 0 Å². The van der Waals surface area contributed by atoms with E-state index in [-0.39, 0.29) is 39.3 Å². The van der Waals surface area contributed by atoms with Gasteiger partial charge in [-0.3, -0.25) is 0 Å². The van der Waals surface area contributed by atoms with Gasteiger partial charge in [0, 0.05) is 28.3 Å². The molecule has 0 fully saturated rings. The van der Waals surface area contributed by atoms with Crippen LogP contribution in [0.5, 0.6) is 0 Å². The van der Waals surface area contributed by atoms with Crippen LogP contribution in [-0.2, 0) is 21.7 Å². The van der Waals surface area contributed by atoms with Crippen molar-refractivity contribution in [3.05, 3.63) is 0 Å². The van der Waals surface area contributed by atoms with E-state index in [4.69, 9.17) is 5.11 Å². The van der Waals surface area contributed by atoms with E-state index in [1.165, 1.54) is 0 Å². The molecule has 0 rings (SSSR count). The Labute approximate surface area is 51.7 Å². The molecule has 0 bridgehead atoms. The topological polar surface area (TPSA) is 20.2 Å². The second kappa shape index (κ2) is 20.7. The molecule has 0 aromatic rings. The zero-order valence-electron chi connectivity index (χ0n) is 2.65. The maximum absolute atomic E-state index is 7.57. The SMILES string of the molecule is CCO.[SiH4].[Ti]. The molecule has 1 N–H and O–H groups in total. The summed E-state index contributed by atoms with van der Waals surface area (Å²) in [6.07, 6.45) is 0. The molecule has 0 unspecified atom stereocenters. The van der Waals surface area contributed by atoms with Crippen LogP contribution in [0.3, 0.4) is 0 Å².